The number of hydrogen-bond acceptors (Lipinski definition) is 2. The summed E-state index contributed by atoms with van der Waals surface area (Å²) in [5.74, 6) is 0.810. The van der Waals surface area contributed by atoms with Crippen LogP contribution in [-0.2, 0) is 6.42 Å². The molecule has 2 nitrogen and oxygen atoms in total. The summed E-state index contributed by atoms with van der Waals surface area (Å²) >= 11 is 6.21. The van der Waals surface area contributed by atoms with Gasteiger partial charge in [-0.25, -0.2) is 0 Å². The van der Waals surface area contributed by atoms with Gasteiger partial charge in [-0.3, -0.25) is 4.98 Å². The van der Waals surface area contributed by atoms with Gasteiger partial charge in [-0.05, 0) is 24.6 Å². The van der Waals surface area contributed by atoms with Crippen LogP contribution >= 0.6 is 24.0 Å². The maximum Gasteiger partial charge on any atom is 0.121 e. The summed E-state index contributed by atoms with van der Waals surface area (Å²) in [5.41, 5.74) is 1.93. The lowest BCUT2D eigenvalue weighted by Gasteiger charge is -2.06. The average molecular weight is 272 g/mol. The molecule has 4 heteroatoms. The van der Waals surface area contributed by atoms with Crippen LogP contribution in [0.1, 0.15) is 19.0 Å². The number of benzene rings is 1. The first-order chi connectivity index (χ1) is 7.74. The summed E-state index contributed by atoms with van der Waals surface area (Å²) in [7, 11) is 1.65. The van der Waals surface area contributed by atoms with E-state index >= 15 is 0 Å². The predicted molar refractivity (Wildman–Crippen MR) is 74.5 cm³/mol. The molecule has 0 atom stereocenters. The second-order valence-corrected chi connectivity index (χ2v) is 4.14. The first-order valence-electron chi connectivity index (χ1n) is 5.37. The molecule has 1 heterocycles. The van der Waals surface area contributed by atoms with Crippen molar-refractivity contribution in [3.63, 3.8) is 0 Å². The van der Waals surface area contributed by atoms with Gasteiger partial charge < -0.3 is 4.74 Å². The maximum atomic E-state index is 6.21. The highest BCUT2D eigenvalue weighted by molar-refractivity contribution is 6.35. The third-order valence-electron chi connectivity index (χ3n) is 2.53. The SMILES string of the molecule is CCCc1cc(Cl)c2ccc(OC)cc2n1.Cl. The zero-order chi connectivity index (χ0) is 11.5. The Morgan fingerprint density at radius 3 is 2.71 bits per heavy atom. The highest BCUT2D eigenvalue weighted by Crippen LogP contribution is 2.26. The van der Waals surface area contributed by atoms with Gasteiger partial charge in [-0.1, -0.05) is 24.9 Å². The normalized spacial score (nSPS) is 10.1. The molecule has 0 saturated heterocycles. The molecular formula is C13H15Cl2NO. The number of fused-ring (bicyclic) bond motifs is 1. The Hall–Kier alpha value is -0.990. The van der Waals surface area contributed by atoms with Crippen LogP contribution in [0.2, 0.25) is 5.02 Å². The lowest BCUT2D eigenvalue weighted by molar-refractivity contribution is 0.415. The fourth-order valence-electron chi connectivity index (χ4n) is 1.73. The first-order valence-corrected chi connectivity index (χ1v) is 5.75. The molecule has 2 rings (SSSR count). The molecule has 0 fully saturated rings. The van der Waals surface area contributed by atoms with Gasteiger partial charge in [0.1, 0.15) is 5.75 Å². The molecule has 92 valence electrons. The van der Waals surface area contributed by atoms with Crippen molar-refractivity contribution in [3.05, 3.63) is 35.0 Å². The Labute approximate surface area is 112 Å². The molecule has 0 amide bonds. The largest absolute Gasteiger partial charge is 0.497 e. The quantitative estimate of drug-likeness (QED) is 0.832. The van der Waals surface area contributed by atoms with Gasteiger partial charge in [-0.2, -0.15) is 0 Å². The van der Waals surface area contributed by atoms with Crippen molar-refractivity contribution in [1.29, 1.82) is 0 Å². The molecule has 0 spiro atoms. The van der Waals surface area contributed by atoms with Crippen molar-refractivity contribution in [1.82, 2.24) is 4.98 Å². The molecule has 1 aromatic carbocycles. The maximum absolute atomic E-state index is 6.21. The van der Waals surface area contributed by atoms with Gasteiger partial charge in [0.25, 0.3) is 0 Å². The molecule has 0 saturated carbocycles. The molecule has 0 unspecified atom stereocenters. The third-order valence-corrected chi connectivity index (χ3v) is 2.84. The van der Waals surface area contributed by atoms with Gasteiger partial charge in [0, 0.05) is 17.1 Å². The minimum atomic E-state index is 0. The highest BCUT2D eigenvalue weighted by Gasteiger charge is 2.04. The van der Waals surface area contributed by atoms with Crippen LogP contribution < -0.4 is 4.74 Å². The Bertz CT molecular complexity index is 514. The highest BCUT2D eigenvalue weighted by atomic mass is 35.5. The van der Waals surface area contributed by atoms with E-state index in [9.17, 15) is 0 Å². The lowest BCUT2D eigenvalue weighted by atomic mass is 10.1. The van der Waals surface area contributed by atoms with E-state index in [2.05, 4.69) is 11.9 Å². The number of ether oxygens (including phenoxy) is 1. The van der Waals surface area contributed by atoms with E-state index in [1.165, 1.54) is 0 Å². The van der Waals surface area contributed by atoms with Gasteiger partial charge in [0.2, 0.25) is 0 Å². The van der Waals surface area contributed by atoms with E-state index in [-0.39, 0.29) is 12.4 Å². The van der Waals surface area contributed by atoms with Crippen molar-refractivity contribution < 1.29 is 4.74 Å². The van der Waals surface area contributed by atoms with Crippen LogP contribution in [0.5, 0.6) is 5.75 Å². The first kappa shape index (κ1) is 14.1. The Kier molecular flexibility index (Phi) is 5.03. The monoisotopic (exact) mass is 271 g/mol. The standard InChI is InChI=1S/C13H14ClNO.ClH/c1-3-4-9-7-12(14)11-6-5-10(16-2)8-13(11)15-9;/h5-8H,3-4H2,1-2H3;1H. The van der Waals surface area contributed by atoms with E-state index in [1.807, 2.05) is 24.3 Å². The zero-order valence-electron chi connectivity index (χ0n) is 9.87. The summed E-state index contributed by atoms with van der Waals surface area (Å²) in [4.78, 5) is 4.57. The molecule has 0 radical (unpaired) electrons. The van der Waals surface area contributed by atoms with Crippen LogP contribution in [0.4, 0.5) is 0 Å². The number of hydrogen-bond donors (Lipinski definition) is 0. The van der Waals surface area contributed by atoms with Crippen LogP contribution in [0.3, 0.4) is 0 Å². The number of rotatable bonds is 3. The number of aromatic nitrogens is 1. The molecule has 1 aromatic heterocycles. The van der Waals surface area contributed by atoms with Crippen LogP contribution in [0.25, 0.3) is 10.9 Å². The molecule has 0 bridgehead atoms. The van der Waals surface area contributed by atoms with Crippen LogP contribution in [0.15, 0.2) is 24.3 Å². The number of aryl methyl sites for hydroxylation is 1. The summed E-state index contributed by atoms with van der Waals surface area (Å²) < 4.78 is 5.18. The average Bonchev–Trinajstić information content (AvgIpc) is 2.28. The van der Waals surface area contributed by atoms with Crippen molar-refractivity contribution in [2.45, 2.75) is 19.8 Å². The topological polar surface area (TPSA) is 22.1 Å². The fourth-order valence-corrected chi connectivity index (χ4v) is 2.01. The number of pyridine rings is 1. The molecule has 0 aliphatic rings. The molecule has 0 N–H and O–H groups in total. The summed E-state index contributed by atoms with van der Waals surface area (Å²) in [6.45, 7) is 2.13. The van der Waals surface area contributed by atoms with E-state index in [0.717, 1.165) is 40.2 Å². The van der Waals surface area contributed by atoms with Crippen molar-refractivity contribution in [2.24, 2.45) is 0 Å². The number of methoxy groups -OCH3 is 1. The predicted octanol–water partition coefficient (Wildman–Crippen LogP) is 4.27. The molecule has 0 aliphatic heterocycles. The summed E-state index contributed by atoms with van der Waals surface area (Å²) in [6, 6.07) is 7.70. The zero-order valence-corrected chi connectivity index (χ0v) is 11.4. The third kappa shape index (κ3) is 3.02. The smallest absolute Gasteiger partial charge is 0.121 e. The number of halogens is 2. The number of nitrogens with zero attached hydrogens (tertiary/aromatic N) is 1. The molecule has 0 aliphatic carbocycles. The molecular weight excluding hydrogens is 257 g/mol. The van der Waals surface area contributed by atoms with E-state index in [4.69, 9.17) is 16.3 Å². The van der Waals surface area contributed by atoms with E-state index in [1.54, 1.807) is 7.11 Å². The van der Waals surface area contributed by atoms with Gasteiger partial charge in [0.05, 0.1) is 17.6 Å². The van der Waals surface area contributed by atoms with Crippen molar-refractivity contribution >= 4 is 34.9 Å². The van der Waals surface area contributed by atoms with Gasteiger partial charge >= 0.3 is 0 Å². The minimum absolute atomic E-state index is 0. The van der Waals surface area contributed by atoms with Crippen LogP contribution in [0, 0.1) is 0 Å². The van der Waals surface area contributed by atoms with Gasteiger partial charge in [-0.15, -0.1) is 12.4 Å². The van der Waals surface area contributed by atoms with Crippen molar-refractivity contribution in [2.75, 3.05) is 7.11 Å². The van der Waals surface area contributed by atoms with E-state index < -0.39 is 0 Å². The Balaban J connectivity index is 0.00000144. The second kappa shape index (κ2) is 6.08. The van der Waals surface area contributed by atoms with Crippen LogP contribution in [-0.4, -0.2) is 12.1 Å². The second-order valence-electron chi connectivity index (χ2n) is 3.73. The van der Waals surface area contributed by atoms with Crippen molar-refractivity contribution in [3.8, 4) is 5.75 Å². The molecule has 2 aromatic rings. The lowest BCUT2D eigenvalue weighted by Crippen LogP contribution is -1.91. The van der Waals surface area contributed by atoms with E-state index in [0.29, 0.717) is 0 Å². The Morgan fingerprint density at radius 2 is 2.06 bits per heavy atom. The fraction of sp³-hybridized carbons (Fsp3) is 0.308. The minimum Gasteiger partial charge on any atom is -0.497 e. The Morgan fingerprint density at radius 1 is 1.29 bits per heavy atom. The summed E-state index contributed by atoms with van der Waals surface area (Å²) in [6.07, 6.45) is 2.02. The molecule has 17 heavy (non-hydrogen) atoms. The summed E-state index contributed by atoms with van der Waals surface area (Å²) in [5, 5.41) is 1.73. The van der Waals surface area contributed by atoms with Gasteiger partial charge in [0.15, 0.2) is 0 Å².